The van der Waals surface area contributed by atoms with Crippen molar-refractivity contribution in [3.8, 4) is 0 Å². The molecule has 2 N–H and O–H groups in total. The summed E-state index contributed by atoms with van der Waals surface area (Å²) < 4.78 is 35.4. The number of carbonyl (C=O) groups is 1. The zero-order chi connectivity index (χ0) is 11.4. The lowest BCUT2D eigenvalue weighted by Crippen LogP contribution is -2.42. The summed E-state index contributed by atoms with van der Waals surface area (Å²) in [5.41, 5.74) is 5.38. The molecular weight excluding hydrogens is 197 g/mol. The standard InChI is InChI=1S/C8H15F3N2O/c1-3-6(12)7(14)13(2)5-4-8(9,10)11/h6H,3-5,12H2,1-2H3. The van der Waals surface area contributed by atoms with Crippen LogP contribution in [-0.4, -0.2) is 36.6 Å². The predicted molar refractivity (Wildman–Crippen MR) is 46.6 cm³/mol. The van der Waals surface area contributed by atoms with Crippen molar-refractivity contribution in [1.29, 1.82) is 0 Å². The van der Waals surface area contributed by atoms with Gasteiger partial charge in [0.2, 0.25) is 5.91 Å². The first-order valence-corrected chi connectivity index (χ1v) is 4.35. The van der Waals surface area contributed by atoms with E-state index in [9.17, 15) is 18.0 Å². The van der Waals surface area contributed by atoms with Crippen LogP contribution in [0.25, 0.3) is 0 Å². The van der Waals surface area contributed by atoms with Crippen LogP contribution in [0, 0.1) is 0 Å². The number of carbonyl (C=O) groups excluding carboxylic acids is 1. The molecule has 3 nitrogen and oxygen atoms in total. The molecule has 0 rings (SSSR count). The van der Waals surface area contributed by atoms with E-state index < -0.39 is 24.5 Å². The zero-order valence-electron chi connectivity index (χ0n) is 8.27. The van der Waals surface area contributed by atoms with E-state index in [0.29, 0.717) is 6.42 Å². The maximum absolute atomic E-state index is 11.8. The van der Waals surface area contributed by atoms with Crippen LogP contribution in [-0.2, 0) is 4.79 Å². The summed E-state index contributed by atoms with van der Waals surface area (Å²) >= 11 is 0. The molecule has 0 aromatic heterocycles. The van der Waals surface area contributed by atoms with Crippen LogP contribution in [0.15, 0.2) is 0 Å². The number of likely N-dealkylation sites (N-methyl/N-ethyl adjacent to an activating group) is 1. The van der Waals surface area contributed by atoms with Crippen LogP contribution in [0.2, 0.25) is 0 Å². The van der Waals surface area contributed by atoms with Crippen molar-refractivity contribution in [2.45, 2.75) is 32.0 Å². The van der Waals surface area contributed by atoms with Crippen molar-refractivity contribution in [3.05, 3.63) is 0 Å². The highest BCUT2D eigenvalue weighted by atomic mass is 19.4. The second-order valence-corrected chi connectivity index (χ2v) is 3.14. The molecule has 0 aromatic carbocycles. The first kappa shape index (κ1) is 13.2. The monoisotopic (exact) mass is 212 g/mol. The smallest absolute Gasteiger partial charge is 0.344 e. The normalized spacial score (nSPS) is 13.9. The van der Waals surface area contributed by atoms with E-state index >= 15 is 0 Å². The van der Waals surface area contributed by atoms with Gasteiger partial charge in [-0.2, -0.15) is 13.2 Å². The minimum absolute atomic E-state index is 0.337. The van der Waals surface area contributed by atoms with Crippen LogP contribution in [0.4, 0.5) is 13.2 Å². The quantitative estimate of drug-likeness (QED) is 0.759. The molecule has 0 aromatic rings. The van der Waals surface area contributed by atoms with E-state index in [2.05, 4.69) is 0 Å². The number of hydrogen-bond acceptors (Lipinski definition) is 2. The Morgan fingerprint density at radius 1 is 1.50 bits per heavy atom. The Labute approximate surface area is 81.1 Å². The molecular formula is C8H15F3N2O. The highest BCUT2D eigenvalue weighted by Crippen LogP contribution is 2.19. The van der Waals surface area contributed by atoms with Crippen LogP contribution >= 0.6 is 0 Å². The Balaban J connectivity index is 3.97. The average molecular weight is 212 g/mol. The molecule has 0 spiro atoms. The third-order valence-corrected chi connectivity index (χ3v) is 1.86. The second kappa shape index (κ2) is 5.19. The van der Waals surface area contributed by atoms with Gasteiger partial charge in [-0.1, -0.05) is 6.92 Å². The van der Waals surface area contributed by atoms with Crippen LogP contribution in [0.3, 0.4) is 0 Å². The Hall–Kier alpha value is -0.780. The van der Waals surface area contributed by atoms with Gasteiger partial charge in [0.15, 0.2) is 0 Å². The van der Waals surface area contributed by atoms with Gasteiger partial charge in [-0.25, -0.2) is 0 Å². The van der Waals surface area contributed by atoms with Crippen molar-refractivity contribution < 1.29 is 18.0 Å². The highest BCUT2D eigenvalue weighted by molar-refractivity contribution is 5.81. The van der Waals surface area contributed by atoms with Gasteiger partial charge in [-0.3, -0.25) is 4.79 Å². The van der Waals surface area contributed by atoms with Crippen molar-refractivity contribution in [2.75, 3.05) is 13.6 Å². The van der Waals surface area contributed by atoms with Gasteiger partial charge < -0.3 is 10.6 Å². The molecule has 6 heteroatoms. The van der Waals surface area contributed by atoms with Gasteiger partial charge in [0.05, 0.1) is 12.5 Å². The third kappa shape index (κ3) is 5.06. The number of nitrogens with two attached hydrogens (primary N) is 1. The molecule has 0 radical (unpaired) electrons. The predicted octanol–water partition coefficient (Wildman–Crippen LogP) is 1.13. The Bertz CT molecular complexity index is 194. The summed E-state index contributed by atoms with van der Waals surface area (Å²) in [7, 11) is 1.32. The Morgan fingerprint density at radius 2 is 2.00 bits per heavy atom. The van der Waals surface area contributed by atoms with E-state index in [1.807, 2.05) is 0 Å². The largest absolute Gasteiger partial charge is 0.390 e. The van der Waals surface area contributed by atoms with Gasteiger partial charge in [-0.15, -0.1) is 0 Å². The number of rotatable bonds is 4. The molecule has 0 aliphatic heterocycles. The summed E-state index contributed by atoms with van der Waals surface area (Å²) in [5.74, 6) is -0.447. The average Bonchev–Trinajstić information content (AvgIpc) is 2.10. The summed E-state index contributed by atoms with van der Waals surface area (Å²) in [6, 6.07) is -0.701. The van der Waals surface area contributed by atoms with Crippen LogP contribution in [0.5, 0.6) is 0 Å². The molecule has 1 unspecified atom stereocenters. The molecule has 0 aliphatic carbocycles. The summed E-state index contributed by atoms with van der Waals surface area (Å²) in [4.78, 5) is 12.2. The van der Waals surface area contributed by atoms with E-state index in [1.54, 1.807) is 6.92 Å². The fourth-order valence-electron chi connectivity index (χ4n) is 0.862. The molecule has 84 valence electrons. The maximum Gasteiger partial charge on any atom is 0.390 e. The third-order valence-electron chi connectivity index (χ3n) is 1.86. The summed E-state index contributed by atoms with van der Waals surface area (Å²) in [5, 5.41) is 0. The molecule has 0 heterocycles. The maximum atomic E-state index is 11.8. The van der Waals surface area contributed by atoms with Crippen molar-refractivity contribution in [2.24, 2.45) is 5.73 Å². The molecule has 0 aliphatic rings. The first-order chi connectivity index (χ1) is 6.28. The fourth-order valence-corrected chi connectivity index (χ4v) is 0.862. The molecule has 0 saturated carbocycles. The number of alkyl halides is 3. The first-order valence-electron chi connectivity index (χ1n) is 4.35. The Morgan fingerprint density at radius 3 is 2.36 bits per heavy atom. The van der Waals surface area contributed by atoms with Crippen molar-refractivity contribution >= 4 is 5.91 Å². The lowest BCUT2D eigenvalue weighted by atomic mass is 10.2. The zero-order valence-corrected chi connectivity index (χ0v) is 8.27. The van der Waals surface area contributed by atoms with E-state index in [1.165, 1.54) is 7.05 Å². The molecule has 1 amide bonds. The second-order valence-electron chi connectivity index (χ2n) is 3.14. The lowest BCUT2D eigenvalue weighted by Gasteiger charge is -2.21. The minimum Gasteiger partial charge on any atom is -0.344 e. The summed E-state index contributed by atoms with van der Waals surface area (Å²) in [6.07, 6.45) is -4.80. The molecule has 1 atom stereocenters. The summed E-state index contributed by atoms with van der Waals surface area (Å²) in [6.45, 7) is 1.37. The van der Waals surface area contributed by atoms with Crippen molar-refractivity contribution in [3.63, 3.8) is 0 Å². The van der Waals surface area contributed by atoms with E-state index in [-0.39, 0.29) is 6.54 Å². The minimum atomic E-state index is -4.23. The molecule has 0 bridgehead atoms. The number of halogens is 3. The van der Waals surface area contributed by atoms with Gasteiger partial charge in [-0.05, 0) is 6.42 Å². The van der Waals surface area contributed by atoms with Gasteiger partial charge in [0.25, 0.3) is 0 Å². The molecule has 0 fully saturated rings. The molecule has 14 heavy (non-hydrogen) atoms. The molecule has 0 saturated heterocycles. The lowest BCUT2D eigenvalue weighted by molar-refractivity contribution is -0.144. The Kier molecular flexibility index (Phi) is 4.90. The van der Waals surface area contributed by atoms with Gasteiger partial charge >= 0.3 is 6.18 Å². The van der Waals surface area contributed by atoms with Crippen LogP contribution in [0.1, 0.15) is 19.8 Å². The fraction of sp³-hybridized carbons (Fsp3) is 0.875. The SMILES string of the molecule is CCC(N)C(=O)N(C)CCC(F)(F)F. The number of nitrogens with zero attached hydrogens (tertiary/aromatic N) is 1. The topological polar surface area (TPSA) is 46.3 Å². The van der Waals surface area contributed by atoms with Crippen molar-refractivity contribution in [1.82, 2.24) is 4.90 Å². The van der Waals surface area contributed by atoms with Crippen LogP contribution < -0.4 is 5.73 Å². The van der Waals surface area contributed by atoms with Gasteiger partial charge in [0.1, 0.15) is 0 Å². The number of amides is 1. The van der Waals surface area contributed by atoms with Gasteiger partial charge in [0, 0.05) is 13.6 Å². The van der Waals surface area contributed by atoms with E-state index in [0.717, 1.165) is 4.90 Å². The highest BCUT2D eigenvalue weighted by Gasteiger charge is 2.28. The van der Waals surface area contributed by atoms with E-state index in [4.69, 9.17) is 5.73 Å². The number of hydrogen-bond donors (Lipinski definition) is 1.